The summed E-state index contributed by atoms with van der Waals surface area (Å²) in [6.07, 6.45) is 5.01. The van der Waals surface area contributed by atoms with Crippen LogP contribution in [0.3, 0.4) is 0 Å². The molecular formula is C15H19N3O3. The first-order valence-electron chi connectivity index (χ1n) is 7.55. The highest BCUT2D eigenvalue weighted by atomic mass is 16.3. The van der Waals surface area contributed by atoms with Crippen LogP contribution in [0.1, 0.15) is 45.7 Å². The van der Waals surface area contributed by atoms with Crippen molar-refractivity contribution in [3.8, 4) is 0 Å². The topological polar surface area (TPSA) is 88.6 Å². The lowest BCUT2D eigenvalue weighted by Crippen LogP contribution is -2.54. The Hall–Kier alpha value is -1.82. The number of hydrogen-bond donors (Lipinski definition) is 2. The number of fused-ring (bicyclic) bond motifs is 2. The molecule has 1 saturated carbocycles. The highest BCUT2D eigenvalue weighted by Crippen LogP contribution is 2.43. The normalized spacial score (nSPS) is 31.0. The maximum Gasteiger partial charge on any atom is 0.258 e. The maximum atomic E-state index is 12.7. The number of hydrogen-bond acceptors (Lipinski definition) is 4. The van der Waals surface area contributed by atoms with E-state index in [0.717, 1.165) is 19.3 Å². The van der Waals surface area contributed by atoms with Gasteiger partial charge in [-0.15, -0.1) is 0 Å². The molecule has 0 spiro atoms. The molecule has 4 rings (SSSR count). The van der Waals surface area contributed by atoms with E-state index in [9.17, 15) is 9.59 Å². The zero-order chi connectivity index (χ0) is 14.6. The zero-order valence-electron chi connectivity index (χ0n) is 11.9. The molecule has 2 fully saturated rings. The van der Waals surface area contributed by atoms with Crippen LogP contribution >= 0.6 is 0 Å². The molecule has 112 valence electrons. The summed E-state index contributed by atoms with van der Waals surface area (Å²) < 4.78 is 5.47. The van der Waals surface area contributed by atoms with Crippen molar-refractivity contribution in [1.29, 1.82) is 0 Å². The largest absolute Gasteiger partial charge is 0.468 e. The van der Waals surface area contributed by atoms with Crippen LogP contribution < -0.4 is 11.1 Å². The molecule has 3 N–H and O–H groups in total. The first-order chi connectivity index (χ1) is 10.1. The Morgan fingerprint density at radius 3 is 3.05 bits per heavy atom. The van der Waals surface area contributed by atoms with Crippen molar-refractivity contribution < 1.29 is 14.0 Å². The van der Waals surface area contributed by atoms with Crippen LogP contribution in [0.25, 0.3) is 0 Å². The van der Waals surface area contributed by atoms with E-state index in [0.29, 0.717) is 48.9 Å². The van der Waals surface area contributed by atoms with Crippen molar-refractivity contribution in [2.24, 2.45) is 11.7 Å². The molecule has 2 aliphatic heterocycles. The summed E-state index contributed by atoms with van der Waals surface area (Å²) in [7, 11) is 0. The van der Waals surface area contributed by atoms with E-state index in [1.807, 2.05) is 0 Å². The summed E-state index contributed by atoms with van der Waals surface area (Å²) >= 11 is 0. The van der Waals surface area contributed by atoms with Gasteiger partial charge in [-0.3, -0.25) is 9.59 Å². The Morgan fingerprint density at radius 1 is 1.52 bits per heavy atom. The Labute approximate surface area is 122 Å². The Balaban J connectivity index is 1.64. The van der Waals surface area contributed by atoms with Gasteiger partial charge in [-0.25, -0.2) is 0 Å². The van der Waals surface area contributed by atoms with Crippen LogP contribution in [0.4, 0.5) is 0 Å². The third-order valence-corrected chi connectivity index (χ3v) is 5.18. The fourth-order valence-corrected chi connectivity index (χ4v) is 3.74. The van der Waals surface area contributed by atoms with Gasteiger partial charge < -0.3 is 20.4 Å². The monoisotopic (exact) mass is 289 g/mol. The van der Waals surface area contributed by atoms with E-state index >= 15 is 0 Å². The van der Waals surface area contributed by atoms with Crippen LogP contribution in [-0.2, 0) is 6.42 Å². The van der Waals surface area contributed by atoms with Gasteiger partial charge in [0.2, 0.25) is 0 Å². The van der Waals surface area contributed by atoms with Crippen LogP contribution in [-0.4, -0.2) is 41.9 Å². The number of nitrogens with two attached hydrogens (primary N) is 1. The molecule has 6 nitrogen and oxygen atoms in total. The summed E-state index contributed by atoms with van der Waals surface area (Å²) in [5.41, 5.74) is 6.88. The number of carbonyl (C=O) groups is 2. The van der Waals surface area contributed by atoms with Gasteiger partial charge in [-0.1, -0.05) is 0 Å². The van der Waals surface area contributed by atoms with Gasteiger partial charge in [0, 0.05) is 31.6 Å². The number of rotatable bonds is 1. The molecule has 21 heavy (non-hydrogen) atoms. The van der Waals surface area contributed by atoms with E-state index < -0.39 is 0 Å². The second-order valence-electron chi connectivity index (χ2n) is 6.46. The standard InChI is InChI=1S/C15H19N3O3/c16-15-4-3-9(15)6-18(8-15)14(20)10-7-21-11-2-1-5-17-13(19)12(10)11/h7,9H,1-6,8,16H2,(H,17,19)/t9-,15-/m0/s1. The van der Waals surface area contributed by atoms with E-state index in [1.54, 1.807) is 4.90 Å². The summed E-state index contributed by atoms with van der Waals surface area (Å²) in [5.74, 6) is 0.694. The molecule has 0 aromatic carbocycles. The number of amides is 2. The van der Waals surface area contributed by atoms with E-state index in [-0.39, 0.29) is 17.4 Å². The fraction of sp³-hybridized carbons (Fsp3) is 0.600. The first kappa shape index (κ1) is 12.9. The van der Waals surface area contributed by atoms with Gasteiger partial charge in [-0.2, -0.15) is 0 Å². The summed E-state index contributed by atoms with van der Waals surface area (Å²) in [5, 5.41) is 2.82. The second kappa shape index (κ2) is 4.34. The Morgan fingerprint density at radius 2 is 2.38 bits per heavy atom. The minimum absolute atomic E-state index is 0.128. The van der Waals surface area contributed by atoms with Gasteiger partial charge in [0.05, 0.1) is 11.1 Å². The molecular weight excluding hydrogens is 270 g/mol. The Bertz CT molecular complexity index is 624. The fourth-order valence-electron chi connectivity index (χ4n) is 3.74. The predicted molar refractivity (Wildman–Crippen MR) is 74.9 cm³/mol. The van der Waals surface area contributed by atoms with Crippen molar-refractivity contribution >= 4 is 11.8 Å². The molecule has 0 bridgehead atoms. The molecule has 1 aromatic rings. The molecule has 2 atom stereocenters. The number of nitrogens with one attached hydrogen (secondary N) is 1. The average molecular weight is 289 g/mol. The summed E-state index contributed by atoms with van der Waals surface area (Å²) in [4.78, 5) is 26.7. The van der Waals surface area contributed by atoms with Gasteiger partial charge >= 0.3 is 0 Å². The molecule has 2 amide bonds. The van der Waals surface area contributed by atoms with Gasteiger partial charge in [0.1, 0.15) is 12.0 Å². The van der Waals surface area contributed by atoms with Crippen LogP contribution in [0.5, 0.6) is 0 Å². The van der Waals surface area contributed by atoms with Crippen LogP contribution in [0.2, 0.25) is 0 Å². The minimum atomic E-state index is -0.210. The molecule has 0 radical (unpaired) electrons. The van der Waals surface area contributed by atoms with Crippen LogP contribution in [0, 0.1) is 5.92 Å². The molecule has 0 unspecified atom stereocenters. The lowest BCUT2D eigenvalue weighted by Gasteiger charge is -2.39. The van der Waals surface area contributed by atoms with Gasteiger partial charge in [0.25, 0.3) is 11.8 Å². The average Bonchev–Trinajstić information content (AvgIpc) is 2.91. The lowest BCUT2D eigenvalue weighted by atomic mass is 9.70. The number of carbonyl (C=O) groups excluding carboxylic acids is 2. The Kier molecular flexibility index (Phi) is 2.66. The number of nitrogens with zero attached hydrogens (tertiary/aromatic N) is 1. The summed E-state index contributed by atoms with van der Waals surface area (Å²) in [6.45, 7) is 1.89. The number of aryl methyl sites for hydroxylation is 1. The van der Waals surface area contributed by atoms with Gasteiger partial charge in [0.15, 0.2) is 0 Å². The number of likely N-dealkylation sites (tertiary alicyclic amines) is 1. The van der Waals surface area contributed by atoms with Crippen molar-refractivity contribution in [1.82, 2.24) is 10.2 Å². The van der Waals surface area contributed by atoms with E-state index in [2.05, 4.69) is 5.32 Å². The van der Waals surface area contributed by atoms with Crippen molar-refractivity contribution in [2.75, 3.05) is 19.6 Å². The SMILES string of the molecule is N[C@]12CC[C@H]1CN(C(=O)c1coc3c1C(=O)NCCC3)C2. The van der Waals surface area contributed by atoms with Crippen molar-refractivity contribution in [2.45, 2.75) is 31.2 Å². The molecule has 1 saturated heterocycles. The maximum absolute atomic E-state index is 12.7. The van der Waals surface area contributed by atoms with E-state index in [4.69, 9.17) is 10.2 Å². The molecule has 1 aliphatic carbocycles. The zero-order valence-corrected chi connectivity index (χ0v) is 11.9. The second-order valence-corrected chi connectivity index (χ2v) is 6.46. The third kappa shape index (κ3) is 1.82. The van der Waals surface area contributed by atoms with Crippen LogP contribution in [0.15, 0.2) is 10.7 Å². The first-order valence-corrected chi connectivity index (χ1v) is 7.55. The van der Waals surface area contributed by atoms with Gasteiger partial charge in [-0.05, 0) is 25.2 Å². The minimum Gasteiger partial charge on any atom is -0.468 e. The third-order valence-electron chi connectivity index (χ3n) is 5.18. The van der Waals surface area contributed by atoms with Crippen molar-refractivity contribution in [3.63, 3.8) is 0 Å². The summed E-state index contributed by atoms with van der Waals surface area (Å²) in [6, 6.07) is 0. The van der Waals surface area contributed by atoms with E-state index in [1.165, 1.54) is 6.26 Å². The highest BCUT2D eigenvalue weighted by Gasteiger charge is 2.51. The molecule has 1 aromatic heterocycles. The molecule has 3 aliphatic rings. The quantitative estimate of drug-likeness (QED) is 0.789. The predicted octanol–water partition coefficient (Wildman–Crippen LogP) is 0.519. The highest BCUT2D eigenvalue weighted by molar-refractivity contribution is 6.08. The van der Waals surface area contributed by atoms with Crippen molar-refractivity contribution in [3.05, 3.63) is 23.2 Å². The molecule has 3 heterocycles. The smallest absolute Gasteiger partial charge is 0.258 e. The number of furan rings is 1. The lowest BCUT2D eigenvalue weighted by molar-refractivity contribution is 0.0777. The molecule has 6 heteroatoms.